The van der Waals surface area contributed by atoms with Crippen molar-refractivity contribution in [3.05, 3.63) is 44.3 Å². The van der Waals surface area contributed by atoms with E-state index in [0.29, 0.717) is 23.4 Å². The van der Waals surface area contributed by atoms with Gasteiger partial charge in [-0.05, 0) is 51.0 Å². The van der Waals surface area contributed by atoms with E-state index in [4.69, 9.17) is 34.7 Å². The molecule has 39 heavy (non-hydrogen) atoms. The molecule has 2 fully saturated rings. The lowest BCUT2D eigenvalue weighted by Crippen LogP contribution is -2.57. The molecule has 11 heteroatoms. The maximum atomic E-state index is 13.4. The first kappa shape index (κ1) is 24.4. The second-order valence-electron chi connectivity index (χ2n) is 10.5. The lowest BCUT2D eigenvalue weighted by molar-refractivity contribution is -0.130. The molecular weight excluding hydrogens is 542 g/mol. The van der Waals surface area contributed by atoms with Gasteiger partial charge >= 0.3 is 0 Å². The quantitative estimate of drug-likeness (QED) is 0.444. The van der Waals surface area contributed by atoms with Crippen LogP contribution < -0.4 is 25.1 Å². The molecule has 3 heterocycles. The normalized spacial score (nSPS) is 26.3. The topological polar surface area (TPSA) is 102 Å². The number of benzene rings is 1. The van der Waals surface area contributed by atoms with Crippen LogP contribution in [0.4, 0.5) is 0 Å². The van der Waals surface area contributed by atoms with Crippen LogP contribution in [0.3, 0.4) is 0 Å². The Morgan fingerprint density at radius 2 is 2.00 bits per heavy atom. The predicted octanol–water partition coefficient (Wildman–Crippen LogP) is 4.37. The van der Waals surface area contributed by atoms with Crippen LogP contribution in [0.25, 0.3) is 0 Å². The highest BCUT2D eigenvalue weighted by molar-refractivity contribution is 7.98. The van der Waals surface area contributed by atoms with Crippen LogP contribution in [0.1, 0.15) is 58.3 Å². The van der Waals surface area contributed by atoms with Gasteiger partial charge in [0.2, 0.25) is 5.75 Å². The zero-order valence-electron chi connectivity index (χ0n) is 25.5. The minimum Gasteiger partial charge on any atom is -0.492 e. The van der Waals surface area contributed by atoms with E-state index in [1.807, 2.05) is 19.2 Å². The number of likely N-dealkylation sites (tertiary alicyclic amines) is 1. The zero-order chi connectivity index (χ0) is 30.4. The predicted molar refractivity (Wildman–Crippen MR) is 151 cm³/mol. The molecule has 0 unspecified atom stereocenters. The largest absolute Gasteiger partial charge is 0.492 e. The summed E-state index contributed by atoms with van der Waals surface area (Å²) in [5, 5.41) is 2.80. The second kappa shape index (κ2) is 11.2. The Labute approximate surface area is 242 Å². The number of aromatic nitrogens is 1. The summed E-state index contributed by atoms with van der Waals surface area (Å²) in [4.78, 5) is 31.9. The summed E-state index contributed by atoms with van der Waals surface area (Å²) in [5.41, 5.74) is 0.629. The van der Waals surface area contributed by atoms with Crippen LogP contribution in [-0.4, -0.2) is 67.2 Å². The van der Waals surface area contributed by atoms with E-state index < -0.39 is 18.7 Å². The number of pyridine rings is 1. The highest BCUT2D eigenvalue weighted by atomic mass is 35.5. The third-order valence-electron chi connectivity index (χ3n) is 8.14. The molecule has 1 aromatic carbocycles. The number of aromatic amines is 1. The van der Waals surface area contributed by atoms with Crippen LogP contribution in [0.5, 0.6) is 17.2 Å². The van der Waals surface area contributed by atoms with Crippen molar-refractivity contribution in [2.24, 2.45) is 5.92 Å². The number of hydrogen-bond acceptors (Lipinski definition) is 8. The number of carbonyl (C=O) groups excluding carboxylic acids is 1. The van der Waals surface area contributed by atoms with Crippen molar-refractivity contribution in [1.82, 2.24) is 15.2 Å². The summed E-state index contributed by atoms with van der Waals surface area (Å²) in [6.45, 7) is 5.38. The van der Waals surface area contributed by atoms with Gasteiger partial charge in [-0.1, -0.05) is 11.6 Å². The Balaban J connectivity index is 1.37. The first-order valence-corrected chi connectivity index (χ1v) is 14.7. The van der Waals surface area contributed by atoms with Gasteiger partial charge in [-0.15, -0.1) is 11.8 Å². The fraction of sp³-hybridized carbons (Fsp3) is 0.571. The second-order valence-corrected chi connectivity index (χ2v) is 11.8. The Morgan fingerprint density at radius 3 is 2.67 bits per heavy atom. The Kier molecular flexibility index (Phi) is 7.03. The molecule has 0 spiro atoms. The monoisotopic (exact) mass is 580 g/mol. The van der Waals surface area contributed by atoms with Gasteiger partial charge < -0.3 is 29.2 Å². The molecular formula is C28H36ClN3O6S. The van der Waals surface area contributed by atoms with Crippen molar-refractivity contribution in [1.29, 1.82) is 0 Å². The molecule has 5 rings (SSSR count). The Hall–Kier alpha value is -2.40. The van der Waals surface area contributed by atoms with E-state index in [0.717, 1.165) is 43.7 Å². The van der Waals surface area contributed by atoms with Crippen LogP contribution >= 0.6 is 23.4 Å². The number of fused-ring (bicyclic) bond motifs is 1. The van der Waals surface area contributed by atoms with Crippen molar-refractivity contribution in [2.75, 3.05) is 33.5 Å². The van der Waals surface area contributed by atoms with Crippen LogP contribution in [0.15, 0.2) is 21.8 Å². The summed E-state index contributed by atoms with van der Waals surface area (Å²) in [7, 11) is -1.14. The van der Waals surface area contributed by atoms with Crippen LogP contribution in [0, 0.1) is 12.8 Å². The minimum absolute atomic E-state index is 0.00725. The fourth-order valence-corrected chi connectivity index (χ4v) is 6.76. The summed E-state index contributed by atoms with van der Waals surface area (Å²) in [6.07, 6.45) is 5.75. The summed E-state index contributed by atoms with van der Waals surface area (Å²) in [5.74, 6) is -1.94. The van der Waals surface area contributed by atoms with E-state index in [-0.39, 0.29) is 45.9 Å². The van der Waals surface area contributed by atoms with Crippen molar-refractivity contribution in [3.8, 4) is 17.2 Å². The molecule has 212 valence electrons. The first-order valence-electron chi connectivity index (χ1n) is 14.6. The van der Waals surface area contributed by atoms with Gasteiger partial charge in [-0.25, -0.2) is 0 Å². The van der Waals surface area contributed by atoms with Gasteiger partial charge in [-0.2, -0.15) is 0 Å². The lowest BCUT2D eigenvalue weighted by Gasteiger charge is -2.47. The highest BCUT2D eigenvalue weighted by Gasteiger charge is 2.49. The molecule has 1 amide bonds. The van der Waals surface area contributed by atoms with E-state index in [2.05, 4.69) is 15.2 Å². The molecule has 1 saturated heterocycles. The number of nitrogens with zero attached hydrogens (tertiary/aromatic N) is 1. The average molecular weight is 581 g/mol. The number of rotatable bonds is 8. The van der Waals surface area contributed by atoms with Gasteiger partial charge in [-0.3, -0.25) is 14.5 Å². The number of H-pyrrole nitrogens is 1. The van der Waals surface area contributed by atoms with Crippen molar-refractivity contribution < 1.29 is 27.9 Å². The number of hydrogen-bond donors (Lipinski definition) is 2. The number of aryl methyl sites for hydroxylation is 1. The third-order valence-corrected chi connectivity index (χ3v) is 9.23. The van der Waals surface area contributed by atoms with Gasteiger partial charge in [0.1, 0.15) is 0 Å². The smallest absolute Gasteiger partial charge is 0.255 e. The first-order chi connectivity index (χ1) is 19.8. The molecule has 3 aliphatic rings. The molecule has 2 N–H and O–H groups in total. The maximum Gasteiger partial charge on any atom is 0.255 e. The summed E-state index contributed by atoms with van der Waals surface area (Å²) >= 11 is 7.98. The van der Waals surface area contributed by atoms with E-state index in [9.17, 15) is 9.59 Å². The van der Waals surface area contributed by atoms with Crippen molar-refractivity contribution in [3.63, 3.8) is 0 Å². The highest BCUT2D eigenvalue weighted by Crippen LogP contribution is 2.54. The molecule has 0 radical (unpaired) electrons. The number of halogens is 1. The zero-order valence-corrected chi connectivity index (χ0v) is 24.1. The van der Waals surface area contributed by atoms with Crippen molar-refractivity contribution >= 4 is 29.3 Å². The SMILES string of the molecule is [2H]C([2H])([2H])Oc1c(C(=O)NCc2c(SC)cc(C)[nH]c2=O)cc(Cl)c2c1O[C@](C)(C1CCC(N3CC(OC)C3)CC1)O2. The number of thioether (sulfide) groups is 1. The number of carbonyl (C=O) groups is 1. The van der Waals surface area contributed by atoms with Crippen molar-refractivity contribution in [2.45, 2.75) is 68.9 Å². The summed E-state index contributed by atoms with van der Waals surface area (Å²) in [6, 6.07) is 3.61. The van der Waals surface area contributed by atoms with E-state index in [1.165, 1.54) is 17.8 Å². The molecule has 2 aliphatic heterocycles. The van der Waals surface area contributed by atoms with Crippen LogP contribution in [-0.2, 0) is 11.3 Å². The maximum absolute atomic E-state index is 13.4. The fourth-order valence-electron chi connectivity index (χ4n) is 5.82. The average Bonchev–Trinajstić information content (AvgIpc) is 3.27. The third kappa shape index (κ3) is 5.36. The molecule has 1 atom stereocenters. The Bertz CT molecular complexity index is 1410. The molecule has 0 bridgehead atoms. The van der Waals surface area contributed by atoms with Gasteiger partial charge in [0, 0.05) is 61.8 Å². The molecule has 1 aliphatic carbocycles. The van der Waals surface area contributed by atoms with Gasteiger partial charge in [0.05, 0.1) is 27.8 Å². The standard InChI is InChI=1S/C28H36ClN3O6S/c1-15-10-22(39-5)20(27(34)31-15)12-30-26(33)19-11-21(29)24-25(23(19)36-4)38-28(2,37-24)16-6-8-17(9-7-16)32-13-18(14-32)35-3/h10-11,16-18H,6-9,12-14H2,1-5H3,(H,30,33)(H,31,34)/t16?,17?,28-/m1/s1/i4D3. The molecule has 1 aromatic heterocycles. The van der Waals surface area contributed by atoms with Gasteiger partial charge in [0.15, 0.2) is 11.5 Å². The Morgan fingerprint density at radius 1 is 1.28 bits per heavy atom. The number of ether oxygens (including phenoxy) is 4. The molecule has 2 aromatic rings. The number of methoxy groups -OCH3 is 2. The summed E-state index contributed by atoms with van der Waals surface area (Å²) < 4.78 is 46.6. The lowest BCUT2D eigenvalue weighted by atomic mass is 9.80. The minimum atomic E-state index is -2.88. The van der Waals surface area contributed by atoms with Crippen LogP contribution in [0.2, 0.25) is 5.02 Å². The molecule has 1 saturated carbocycles. The number of amides is 1. The van der Waals surface area contributed by atoms with E-state index in [1.54, 1.807) is 14.0 Å². The van der Waals surface area contributed by atoms with E-state index >= 15 is 0 Å². The number of nitrogens with one attached hydrogen (secondary N) is 2. The van der Waals surface area contributed by atoms with Gasteiger partial charge in [0.25, 0.3) is 17.3 Å². The molecule has 9 nitrogen and oxygen atoms in total.